The van der Waals surface area contributed by atoms with E-state index in [-0.39, 0.29) is 18.4 Å². The largest absolute Gasteiger partial charge is 0.347 e. The molecule has 0 aromatic carbocycles. The fraction of sp³-hybridized carbons (Fsp3) is 0.727. The molecule has 0 radical (unpaired) electrons. The van der Waals surface area contributed by atoms with Crippen LogP contribution in [0.25, 0.3) is 0 Å². The molecule has 0 bridgehead atoms. The molecule has 6 nitrogen and oxygen atoms in total. The lowest BCUT2D eigenvalue weighted by molar-refractivity contribution is -0.125. The molecular formula is C11H20N4O2. The highest BCUT2D eigenvalue weighted by Crippen LogP contribution is 2.10. The number of hydrogen-bond acceptors (Lipinski definition) is 5. The van der Waals surface area contributed by atoms with E-state index in [9.17, 15) is 4.79 Å². The second kappa shape index (κ2) is 6.34. The summed E-state index contributed by atoms with van der Waals surface area (Å²) < 4.78 is 4.90. The summed E-state index contributed by atoms with van der Waals surface area (Å²) in [5.41, 5.74) is 5.58. The SMILES string of the molecule is Cc1noc(CNC(=O)C(CN)CC(C)C)n1. The summed E-state index contributed by atoms with van der Waals surface area (Å²) in [6.07, 6.45) is 0.783. The number of aromatic nitrogens is 2. The lowest BCUT2D eigenvalue weighted by Crippen LogP contribution is -2.35. The molecule has 1 atom stereocenters. The van der Waals surface area contributed by atoms with E-state index < -0.39 is 0 Å². The Labute approximate surface area is 101 Å². The number of rotatable bonds is 6. The maximum atomic E-state index is 11.8. The second-order valence-electron chi connectivity index (χ2n) is 4.52. The van der Waals surface area contributed by atoms with Crippen LogP contribution in [0.1, 0.15) is 32.0 Å². The molecule has 0 aliphatic rings. The van der Waals surface area contributed by atoms with Gasteiger partial charge >= 0.3 is 0 Å². The third-order valence-corrected chi connectivity index (χ3v) is 2.39. The van der Waals surface area contributed by atoms with Crippen molar-refractivity contribution in [2.45, 2.75) is 33.7 Å². The first kappa shape index (κ1) is 13.6. The molecule has 3 N–H and O–H groups in total. The van der Waals surface area contributed by atoms with Crippen LogP contribution in [-0.2, 0) is 11.3 Å². The Kier molecular flexibility index (Phi) is 5.09. The minimum atomic E-state index is -0.154. The quantitative estimate of drug-likeness (QED) is 0.760. The summed E-state index contributed by atoms with van der Waals surface area (Å²) in [5, 5.41) is 6.40. The van der Waals surface area contributed by atoms with Crippen molar-refractivity contribution >= 4 is 5.91 Å². The maximum Gasteiger partial charge on any atom is 0.246 e. The van der Waals surface area contributed by atoms with Gasteiger partial charge < -0.3 is 15.6 Å². The van der Waals surface area contributed by atoms with Crippen molar-refractivity contribution in [2.75, 3.05) is 6.54 Å². The van der Waals surface area contributed by atoms with E-state index in [2.05, 4.69) is 29.3 Å². The minimum absolute atomic E-state index is 0.0583. The Morgan fingerprint density at radius 2 is 2.24 bits per heavy atom. The van der Waals surface area contributed by atoms with Crippen molar-refractivity contribution in [3.05, 3.63) is 11.7 Å². The molecule has 1 amide bonds. The van der Waals surface area contributed by atoms with Gasteiger partial charge in [0.05, 0.1) is 12.5 Å². The molecule has 96 valence electrons. The van der Waals surface area contributed by atoms with Crippen molar-refractivity contribution in [2.24, 2.45) is 17.6 Å². The first-order valence-corrected chi connectivity index (χ1v) is 5.80. The van der Waals surface area contributed by atoms with Crippen LogP contribution in [-0.4, -0.2) is 22.6 Å². The number of nitrogens with zero attached hydrogens (tertiary/aromatic N) is 2. The van der Waals surface area contributed by atoms with Gasteiger partial charge in [-0.3, -0.25) is 4.79 Å². The number of carbonyl (C=O) groups is 1. The van der Waals surface area contributed by atoms with Crippen molar-refractivity contribution in [1.29, 1.82) is 0 Å². The number of nitrogens with one attached hydrogen (secondary N) is 1. The molecule has 0 saturated carbocycles. The van der Waals surface area contributed by atoms with Crippen LogP contribution in [0.3, 0.4) is 0 Å². The summed E-state index contributed by atoms with van der Waals surface area (Å²) in [6.45, 7) is 6.48. The summed E-state index contributed by atoms with van der Waals surface area (Å²) in [5.74, 6) is 1.21. The fourth-order valence-corrected chi connectivity index (χ4v) is 1.60. The lowest BCUT2D eigenvalue weighted by atomic mass is 9.96. The van der Waals surface area contributed by atoms with Crippen LogP contribution in [0.5, 0.6) is 0 Å². The number of aryl methyl sites for hydroxylation is 1. The van der Waals surface area contributed by atoms with Crippen LogP contribution in [0.2, 0.25) is 0 Å². The predicted octanol–water partition coefficient (Wildman–Crippen LogP) is 0.615. The Bertz CT molecular complexity index is 362. The van der Waals surface area contributed by atoms with Crippen LogP contribution < -0.4 is 11.1 Å². The van der Waals surface area contributed by atoms with Crippen molar-refractivity contribution < 1.29 is 9.32 Å². The Morgan fingerprint density at radius 1 is 1.53 bits per heavy atom. The number of carbonyl (C=O) groups excluding carboxylic acids is 1. The zero-order valence-corrected chi connectivity index (χ0v) is 10.6. The Balaban J connectivity index is 2.42. The van der Waals surface area contributed by atoms with E-state index in [1.807, 2.05) is 0 Å². The monoisotopic (exact) mass is 240 g/mol. The molecule has 1 rings (SSSR count). The summed E-state index contributed by atoms with van der Waals surface area (Å²) in [4.78, 5) is 15.8. The van der Waals surface area contributed by atoms with E-state index in [0.717, 1.165) is 6.42 Å². The first-order valence-electron chi connectivity index (χ1n) is 5.80. The molecule has 1 unspecified atom stereocenters. The minimum Gasteiger partial charge on any atom is -0.347 e. The lowest BCUT2D eigenvalue weighted by Gasteiger charge is -2.15. The fourth-order valence-electron chi connectivity index (χ4n) is 1.60. The molecule has 0 spiro atoms. The molecule has 0 saturated heterocycles. The van der Waals surface area contributed by atoms with Gasteiger partial charge in [0, 0.05) is 6.54 Å². The van der Waals surface area contributed by atoms with Gasteiger partial charge in [-0.05, 0) is 19.3 Å². The third-order valence-electron chi connectivity index (χ3n) is 2.39. The predicted molar refractivity (Wildman–Crippen MR) is 62.9 cm³/mol. The molecule has 0 aliphatic heterocycles. The van der Waals surface area contributed by atoms with E-state index in [1.165, 1.54) is 0 Å². The zero-order valence-electron chi connectivity index (χ0n) is 10.6. The van der Waals surface area contributed by atoms with Gasteiger partial charge in [-0.15, -0.1) is 0 Å². The maximum absolute atomic E-state index is 11.8. The normalized spacial score (nSPS) is 12.8. The van der Waals surface area contributed by atoms with E-state index in [0.29, 0.717) is 24.2 Å². The van der Waals surface area contributed by atoms with Crippen LogP contribution >= 0.6 is 0 Å². The van der Waals surface area contributed by atoms with Gasteiger partial charge in [-0.1, -0.05) is 19.0 Å². The van der Waals surface area contributed by atoms with E-state index >= 15 is 0 Å². The van der Waals surface area contributed by atoms with Crippen molar-refractivity contribution in [1.82, 2.24) is 15.5 Å². The van der Waals surface area contributed by atoms with Crippen molar-refractivity contribution in [3.8, 4) is 0 Å². The van der Waals surface area contributed by atoms with Gasteiger partial charge in [0.2, 0.25) is 11.8 Å². The van der Waals surface area contributed by atoms with Gasteiger partial charge in [0.1, 0.15) is 0 Å². The average Bonchev–Trinajstić information content (AvgIpc) is 2.68. The highest BCUT2D eigenvalue weighted by atomic mass is 16.5. The molecule has 6 heteroatoms. The first-order chi connectivity index (χ1) is 8.02. The van der Waals surface area contributed by atoms with Gasteiger partial charge in [0.15, 0.2) is 5.82 Å². The number of amides is 1. The van der Waals surface area contributed by atoms with Crippen LogP contribution in [0.4, 0.5) is 0 Å². The van der Waals surface area contributed by atoms with Gasteiger partial charge in [-0.2, -0.15) is 4.98 Å². The smallest absolute Gasteiger partial charge is 0.246 e. The summed E-state index contributed by atoms with van der Waals surface area (Å²) in [6, 6.07) is 0. The molecule has 0 aliphatic carbocycles. The number of hydrogen-bond donors (Lipinski definition) is 2. The number of nitrogens with two attached hydrogens (primary N) is 1. The molecule has 1 aromatic rings. The molecular weight excluding hydrogens is 220 g/mol. The molecule has 1 heterocycles. The van der Waals surface area contributed by atoms with Crippen molar-refractivity contribution in [3.63, 3.8) is 0 Å². The topological polar surface area (TPSA) is 94.0 Å². The molecule has 0 fully saturated rings. The molecule has 17 heavy (non-hydrogen) atoms. The van der Waals surface area contributed by atoms with E-state index in [1.54, 1.807) is 6.92 Å². The summed E-state index contributed by atoms with van der Waals surface area (Å²) in [7, 11) is 0. The zero-order chi connectivity index (χ0) is 12.8. The summed E-state index contributed by atoms with van der Waals surface area (Å²) >= 11 is 0. The highest BCUT2D eigenvalue weighted by Gasteiger charge is 2.18. The second-order valence-corrected chi connectivity index (χ2v) is 4.52. The Hall–Kier alpha value is -1.43. The third kappa shape index (κ3) is 4.52. The average molecular weight is 240 g/mol. The standard InChI is InChI=1S/C11H20N4O2/c1-7(2)4-9(5-12)11(16)13-6-10-14-8(3)15-17-10/h7,9H,4-6,12H2,1-3H3,(H,13,16). The van der Waals surface area contributed by atoms with E-state index in [4.69, 9.17) is 10.3 Å². The van der Waals surface area contributed by atoms with Gasteiger partial charge in [-0.25, -0.2) is 0 Å². The van der Waals surface area contributed by atoms with Crippen LogP contribution in [0.15, 0.2) is 4.52 Å². The molecule has 1 aromatic heterocycles. The van der Waals surface area contributed by atoms with Gasteiger partial charge in [0.25, 0.3) is 0 Å². The highest BCUT2D eigenvalue weighted by molar-refractivity contribution is 5.78. The Morgan fingerprint density at radius 3 is 2.71 bits per heavy atom. The van der Waals surface area contributed by atoms with Crippen LogP contribution in [0, 0.1) is 18.8 Å².